The molecule has 2 aliphatic rings. The van der Waals surface area contributed by atoms with Crippen LogP contribution in [-0.2, 0) is 4.74 Å². The smallest absolute Gasteiger partial charge is 0.323 e. The third-order valence-electron chi connectivity index (χ3n) is 5.08. The molecule has 2 aromatic rings. The number of hydrogen-bond acceptors (Lipinski definition) is 4. The summed E-state index contributed by atoms with van der Waals surface area (Å²) in [5, 5.41) is 5.96. The molecule has 0 unspecified atom stereocenters. The minimum atomic E-state index is -0.228. The summed E-state index contributed by atoms with van der Waals surface area (Å²) in [5.74, 6) is 0. The maximum Gasteiger partial charge on any atom is 0.323 e. The van der Waals surface area contributed by atoms with Crippen molar-refractivity contribution in [1.29, 1.82) is 0 Å². The Balaban J connectivity index is 1.56. The molecule has 0 atom stereocenters. The number of nitrogens with zero attached hydrogens (tertiary/aromatic N) is 2. The van der Waals surface area contributed by atoms with Crippen LogP contribution in [0.4, 0.5) is 27.5 Å². The van der Waals surface area contributed by atoms with Crippen LogP contribution >= 0.6 is 0 Å². The Hall–Kier alpha value is -2.73. The Kier molecular flexibility index (Phi) is 5.44. The largest absolute Gasteiger partial charge is 0.378 e. The number of anilines is 4. The SMILES string of the molecule is O=C(Nc1ccccc1)Nc1cc(N2CCCC2)ccc1N1CCOCC1. The highest BCUT2D eigenvalue weighted by molar-refractivity contribution is 6.02. The number of urea groups is 1. The molecule has 2 saturated heterocycles. The topological polar surface area (TPSA) is 56.8 Å². The number of ether oxygens (including phenoxy) is 1. The maximum atomic E-state index is 12.6. The van der Waals surface area contributed by atoms with E-state index in [0.29, 0.717) is 13.2 Å². The van der Waals surface area contributed by atoms with Crippen molar-refractivity contribution in [3.63, 3.8) is 0 Å². The van der Waals surface area contributed by atoms with Crippen LogP contribution in [0.3, 0.4) is 0 Å². The van der Waals surface area contributed by atoms with Crippen LogP contribution in [0.1, 0.15) is 12.8 Å². The van der Waals surface area contributed by atoms with Gasteiger partial charge in [-0.2, -0.15) is 0 Å². The molecule has 2 N–H and O–H groups in total. The van der Waals surface area contributed by atoms with Crippen molar-refractivity contribution in [2.75, 3.05) is 59.8 Å². The summed E-state index contributed by atoms with van der Waals surface area (Å²) < 4.78 is 5.48. The summed E-state index contributed by atoms with van der Waals surface area (Å²) in [6.07, 6.45) is 2.45. The van der Waals surface area contributed by atoms with Crippen molar-refractivity contribution in [3.8, 4) is 0 Å². The van der Waals surface area contributed by atoms with Crippen LogP contribution in [0.2, 0.25) is 0 Å². The van der Waals surface area contributed by atoms with Crippen LogP contribution in [0.15, 0.2) is 48.5 Å². The Morgan fingerprint density at radius 3 is 2.33 bits per heavy atom. The van der Waals surface area contributed by atoms with Crippen LogP contribution in [-0.4, -0.2) is 45.4 Å². The highest BCUT2D eigenvalue weighted by Gasteiger charge is 2.19. The van der Waals surface area contributed by atoms with E-state index in [1.54, 1.807) is 0 Å². The van der Waals surface area contributed by atoms with Gasteiger partial charge >= 0.3 is 6.03 Å². The summed E-state index contributed by atoms with van der Waals surface area (Å²) in [6.45, 7) is 5.24. The lowest BCUT2D eigenvalue weighted by Gasteiger charge is -2.31. The van der Waals surface area contributed by atoms with E-state index in [9.17, 15) is 4.79 Å². The fourth-order valence-corrected chi connectivity index (χ4v) is 3.68. The molecule has 2 amide bonds. The lowest BCUT2D eigenvalue weighted by atomic mass is 10.2. The quantitative estimate of drug-likeness (QED) is 0.865. The zero-order valence-corrected chi connectivity index (χ0v) is 15.5. The zero-order chi connectivity index (χ0) is 18.5. The Labute approximate surface area is 160 Å². The van der Waals surface area contributed by atoms with Gasteiger partial charge in [-0.25, -0.2) is 4.79 Å². The first-order chi connectivity index (χ1) is 13.3. The first-order valence-electron chi connectivity index (χ1n) is 9.64. The number of rotatable bonds is 4. The third kappa shape index (κ3) is 4.34. The van der Waals surface area contributed by atoms with Crippen molar-refractivity contribution in [3.05, 3.63) is 48.5 Å². The summed E-state index contributed by atoms with van der Waals surface area (Å²) in [6, 6.07) is 15.7. The molecule has 0 aliphatic carbocycles. The van der Waals surface area contributed by atoms with Gasteiger partial charge in [0.2, 0.25) is 0 Å². The molecule has 6 heteroatoms. The molecule has 2 aliphatic heterocycles. The first kappa shape index (κ1) is 17.7. The second-order valence-corrected chi connectivity index (χ2v) is 6.94. The van der Waals surface area contributed by atoms with Gasteiger partial charge in [0, 0.05) is 37.6 Å². The number of amides is 2. The Bertz CT molecular complexity index is 769. The van der Waals surface area contributed by atoms with Crippen molar-refractivity contribution in [2.24, 2.45) is 0 Å². The summed E-state index contributed by atoms with van der Waals surface area (Å²) in [7, 11) is 0. The fraction of sp³-hybridized carbons (Fsp3) is 0.381. The third-order valence-corrected chi connectivity index (χ3v) is 5.08. The number of morpholine rings is 1. The van der Waals surface area contributed by atoms with Gasteiger partial charge in [0.25, 0.3) is 0 Å². The standard InChI is InChI=1S/C21H26N4O2/c26-21(22-17-6-2-1-3-7-17)23-19-16-18(24-10-4-5-11-24)8-9-20(19)25-12-14-27-15-13-25/h1-3,6-9,16H,4-5,10-15H2,(H2,22,23,26). The van der Waals surface area contributed by atoms with Crippen molar-refractivity contribution < 1.29 is 9.53 Å². The Morgan fingerprint density at radius 2 is 1.59 bits per heavy atom. The number of hydrogen-bond donors (Lipinski definition) is 2. The van der Waals surface area contributed by atoms with Gasteiger partial charge in [-0.05, 0) is 43.2 Å². The van der Waals surface area contributed by atoms with Crippen LogP contribution in [0, 0.1) is 0 Å². The van der Waals surface area contributed by atoms with E-state index in [2.05, 4.69) is 38.6 Å². The Morgan fingerprint density at radius 1 is 0.852 bits per heavy atom. The molecular weight excluding hydrogens is 340 g/mol. The maximum absolute atomic E-state index is 12.6. The number of carbonyl (C=O) groups excluding carboxylic acids is 1. The number of carbonyl (C=O) groups is 1. The minimum Gasteiger partial charge on any atom is -0.378 e. The molecule has 2 fully saturated rings. The van der Waals surface area contributed by atoms with Gasteiger partial charge in [-0.15, -0.1) is 0 Å². The number of nitrogens with one attached hydrogen (secondary N) is 2. The second kappa shape index (κ2) is 8.31. The lowest BCUT2D eigenvalue weighted by Crippen LogP contribution is -2.37. The minimum absolute atomic E-state index is 0.228. The van der Waals surface area contributed by atoms with E-state index in [4.69, 9.17) is 4.74 Å². The summed E-state index contributed by atoms with van der Waals surface area (Å²) in [5.41, 5.74) is 3.83. The number of benzene rings is 2. The van der Waals surface area contributed by atoms with Gasteiger partial charge in [-0.1, -0.05) is 18.2 Å². The second-order valence-electron chi connectivity index (χ2n) is 6.94. The van der Waals surface area contributed by atoms with Gasteiger partial charge in [0.15, 0.2) is 0 Å². The fourth-order valence-electron chi connectivity index (χ4n) is 3.68. The van der Waals surface area contributed by atoms with Crippen LogP contribution < -0.4 is 20.4 Å². The van der Waals surface area contributed by atoms with Crippen molar-refractivity contribution in [2.45, 2.75) is 12.8 Å². The normalized spacial score (nSPS) is 17.0. The van der Waals surface area contributed by atoms with Crippen molar-refractivity contribution in [1.82, 2.24) is 0 Å². The predicted octanol–water partition coefficient (Wildman–Crippen LogP) is 3.77. The van der Waals surface area contributed by atoms with Crippen LogP contribution in [0.25, 0.3) is 0 Å². The van der Waals surface area contributed by atoms with Crippen LogP contribution in [0.5, 0.6) is 0 Å². The lowest BCUT2D eigenvalue weighted by molar-refractivity contribution is 0.123. The molecule has 142 valence electrons. The molecule has 0 aromatic heterocycles. The van der Waals surface area contributed by atoms with E-state index in [-0.39, 0.29) is 6.03 Å². The van der Waals surface area contributed by atoms with E-state index in [0.717, 1.165) is 43.2 Å². The van der Waals surface area contributed by atoms with E-state index < -0.39 is 0 Å². The molecule has 27 heavy (non-hydrogen) atoms. The van der Waals surface area contributed by atoms with Gasteiger partial charge in [-0.3, -0.25) is 0 Å². The van der Waals surface area contributed by atoms with E-state index in [1.807, 2.05) is 30.3 Å². The summed E-state index contributed by atoms with van der Waals surface area (Å²) >= 11 is 0. The first-order valence-corrected chi connectivity index (χ1v) is 9.64. The zero-order valence-electron chi connectivity index (χ0n) is 15.5. The number of para-hydroxylation sites is 1. The average Bonchev–Trinajstić information content (AvgIpc) is 3.24. The van der Waals surface area contributed by atoms with Gasteiger partial charge < -0.3 is 25.2 Å². The average molecular weight is 366 g/mol. The van der Waals surface area contributed by atoms with Gasteiger partial charge in [0.1, 0.15) is 0 Å². The highest BCUT2D eigenvalue weighted by atomic mass is 16.5. The molecule has 2 aromatic carbocycles. The molecule has 4 rings (SSSR count). The highest BCUT2D eigenvalue weighted by Crippen LogP contribution is 2.33. The van der Waals surface area contributed by atoms with Gasteiger partial charge in [0.05, 0.1) is 24.6 Å². The predicted molar refractivity (Wildman–Crippen MR) is 110 cm³/mol. The molecule has 0 saturated carbocycles. The monoisotopic (exact) mass is 366 g/mol. The molecular formula is C21H26N4O2. The van der Waals surface area contributed by atoms with E-state index in [1.165, 1.54) is 18.5 Å². The molecule has 0 spiro atoms. The molecule has 2 heterocycles. The molecule has 0 radical (unpaired) electrons. The summed E-state index contributed by atoms with van der Waals surface area (Å²) in [4.78, 5) is 17.2. The molecule has 6 nitrogen and oxygen atoms in total. The van der Waals surface area contributed by atoms with Crippen molar-refractivity contribution >= 4 is 28.8 Å². The molecule has 0 bridgehead atoms. The van der Waals surface area contributed by atoms with E-state index >= 15 is 0 Å².